The lowest BCUT2D eigenvalue weighted by molar-refractivity contribution is -0.122. The van der Waals surface area contributed by atoms with Gasteiger partial charge in [0.05, 0.1) is 6.54 Å². The van der Waals surface area contributed by atoms with Crippen LogP contribution in [-0.2, 0) is 11.3 Å². The van der Waals surface area contributed by atoms with Gasteiger partial charge in [0, 0.05) is 44.3 Å². The molecule has 23 heavy (non-hydrogen) atoms. The zero-order chi connectivity index (χ0) is 16.2. The van der Waals surface area contributed by atoms with E-state index in [0.29, 0.717) is 18.2 Å². The number of benzene rings is 1. The number of amides is 2. The van der Waals surface area contributed by atoms with E-state index in [1.165, 1.54) is 5.56 Å². The Labute approximate surface area is 136 Å². The first-order valence-electron chi connectivity index (χ1n) is 8.23. The number of nitrogens with zero attached hydrogens (tertiary/aromatic N) is 2. The van der Waals surface area contributed by atoms with Crippen LogP contribution < -0.4 is 11.1 Å². The number of piperazine rings is 1. The van der Waals surface area contributed by atoms with Gasteiger partial charge in [-0.2, -0.15) is 0 Å². The van der Waals surface area contributed by atoms with Crippen LogP contribution in [0.5, 0.6) is 0 Å². The Bertz CT molecular complexity index is 560. The van der Waals surface area contributed by atoms with E-state index in [0.717, 1.165) is 45.6 Å². The number of rotatable bonds is 6. The van der Waals surface area contributed by atoms with Crippen molar-refractivity contribution in [2.75, 3.05) is 32.7 Å². The molecule has 1 aromatic rings. The van der Waals surface area contributed by atoms with Gasteiger partial charge in [0.25, 0.3) is 0 Å². The largest absolute Gasteiger partial charge is 0.366 e. The topological polar surface area (TPSA) is 78.7 Å². The van der Waals surface area contributed by atoms with Crippen molar-refractivity contribution in [3.63, 3.8) is 0 Å². The third-order valence-corrected chi connectivity index (χ3v) is 4.42. The number of nitrogens with one attached hydrogen (secondary N) is 1. The van der Waals surface area contributed by atoms with Crippen LogP contribution >= 0.6 is 0 Å². The molecule has 0 radical (unpaired) electrons. The van der Waals surface area contributed by atoms with Gasteiger partial charge in [-0.1, -0.05) is 12.1 Å². The molecule has 1 saturated heterocycles. The molecule has 1 heterocycles. The van der Waals surface area contributed by atoms with E-state index in [2.05, 4.69) is 15.1 Å². The minimum Gasteiger partial charge on any atom is -0.366 e. The van der Waals surface area contributed by atoms with E-state index in [1.807, 2.05) is 12.1 Å². The van der Waals surface area contributed by atoms with Gasteiger partial charge in [0.2, 0.25) is 11.8 Å². The number of primary amides is 1. The normalized spacial score (nSPS) is 19.5. The van der Waals surface area contributed by atoms with E-state index in [-0.39, 0.29) is 5.91 Å². The molecule has 3 N–H and O–H groups in total. The second-order valence-corrected chi connectivity index (χ2v) is 6.46. The molecule has 2 fully saturated rings. The summed E-state index contributed by atoms with van der Waals surface area (Å²) in [6, 6.07) is 7.89. The van der Waals surface area contributed by atoms with Crippen molar-refractivity contribution < 1.29 is 9.59 Å². The van der Waals surface area contributed by atoms with Gasteiger partial charge in [-0.15, -0.1) is 0 Å². The van der Waals surface area contributed by atoms with Gasteiger partial charge in [-0.25, -0.2) is 0 Å². The van der Waals surface area contributed by atoms with Crippen LogP contribution in [0.1, 0.15) is 28.8 Å². The first kappa shape index (κ1) is 16.0. The Morgan fingerprint density at radius 3 is 2.22 bits per heavy atom. The summed E-state index contributed by atoms with van der Waals surface area (Å²) in [6.45, 7) is 5.11. The third kappa shape index (κ3) is 4.77. The molecule has 1 aliphatic carbocycles. The van der Waals surface area contributed by atoms with Crippen LogP contribution in [0, 0.1) is 0 Å². The van der Waals surface area contributed by atoms with E-state index in [9.17, 15) is 9.59 Å². The highest BCUT2D eigenvalue weighted by Gasteiger charge is 2.25. The maximum Gasteiger partial charge on any atom is 0.248 e. The number of hydrogen-bond acceptors (Lipinski definition) is 4. The molecule has 1 saturated carbocycles. The molecule has 3 rings (SSSR count). The standard InChI is InChI=1S/C17H24N4O2/c18-17(23)14-3-1-13(2-4-14)11-20-7-9-21(10-8-20)12-16(22)19-15-5-6-15/h1-4,15H,5-12H2,(H2,18,23)(H,19,22). The number of carbonyl (C=O) groups is 2. The lowest BCUT2D eigenvalue weighted by Crippen LogP contribution is -2.49. The molecular weight excluding hydrogens is 292 g/mol. The molecule has 0 unspecified atom stereocenters. The summed E-state index contributed by atoms with van der Waals surface area (Å²) in [7, 11) is 0. The maximum atomic E-state index is 11.8. The molecule has 1 aliphatic heterocycles. The van der Waals surface area contributed by atoms with Gasteiger partial charge in [-0.3, -0.25) is 19.4 Å². The van der Waals surface area contributed by atoms with Gasteiger partial charge < -0.3 is 11.1 Å². The predicted octanol–water partition coefficient (Wildman–Crippen LogP) is 0.182. The quantitative estimate of drug-likeness (QED) is 0.785. The zero-order valence-electron chi connectivity index (χ0n) is 13.3. The monoisotopic (exact) mass is 316 g/mol. The second-order valence-electron chi connectivity index (χ2n) is 6.46. The van der Waals surface area contributed by atoms with Crippen LogP contribution in [0.25, 0.3) is 0 Å². The van der Waals surface area contributed by atoms with E-state index < -0.39 is 5.91 Å². The summed E-state index contributed by atoms with van der Waals surface area (Å²) in [6.07, 6.45) is 2.27. The summed E-state index contributed by atoms with van der Waals surface area (Å²) in [5, 5.41) is 3.03. The Hall–Kier alpha value is -1.92. The fourth-order valence-corrected chi connectivity index (χ4v) is 2.84. The molecule has 124 valence electrons. The molecule has 0 bridgehead atoms. The zero-order valence-corrected chi connectivity index (χ0v) is 13.3. The average molecular weight is 316 g/mol. The van der Waals surface area contributed by atoms with E-state index in [4.69, 9.17) is 5.73 Å². The molecule has 1 aromatic carbocycles. The van der Waals surface area contributed by atoms with Crippen molar-refractivity contribution in [1.82, 2.24) is 15.1 Å². The van der Waals surface area contributed by atoms with Crippen molar-refractivity contribution >= 4 is 11.8 Å². The first-order chi connectivity index (χ1) is 11.1. The van der Waals surface area contributed by atoms with Crippen LogP contribution in [0.2, 0.25) is 0 Å². The Morgan fingerprint density at radius 1 is 1.04 bits per heavy atom. The first-order valence-corrected chi connectivity index (χ1v) is 8.23. The van der Waals surface area contributed by atoms with Crippen molar-refractivity contribution in [1.29, 1.82) is 0 Å². The Balaban J connectivity index is 1.41. The van der Waals surface area contributed by atoms with E-state index >= 15 is 0 Å². The van der Waals surface area contributed by atoms with E-state index in [1.54, 1.807) is 12.1 Å². The molecular formula is C17H24N4O2. The molecule has 0 aromatic heterocycles. The molecule has 0 atom stereocenters. The van der Waals surface area contributed by atoms with Crippen molar-refractivity contribution in [2.45, 2.75) is 25.4 Å². The van der Waals surface area contributed by atoms with Gasteiger partial charge in [-0.05, 0) is 30.5 Å². The fourth-order valence-electron chi connectivity index (χ4n) is 2.84. The van der Waals surface area contributed by atoms with Crippen LogP contribution in [0.4, 0.5) is 0 Å². The fraction of sp³-hybridized carbons (Fsp3) is 0.529. The van der Waals surface area contributed by atoms with Crippen molar-refractivity contribution in [2.24, 2.45) is 5.73 Å². The summed E-state index contributed by atoms with van der Waals surface area (Å²) in [5.74, 6) is -0.238. The van der Waals surface area contributed by atoms with Crippen LogP contribution in [-0.4, -0.2) is 60.4 Å². The van der Waals surface area contributed by atoms with Gasteiger partial charge >= 0.3 is 0 Å². The molecule has 2 amide bonds. The smallest absolute Gasteiger partial charge is 0.248 e. The number of nitrogens with two attached hydrogens (primary N) is 1. The summed E-state index contributed by atoms with van der Waals surface area (Å²) in [5.41, 5.74) is 6.97. The second kappa shape index (κ2) is 7.10. The Kier molecular flexibility index (Phi) is 4.93. The highest BCUT2D eigenvalue weighted by molar-refractivity contribution is 5.92. The lowest BCUT2D eigenvalue weighted by atomic mass is 10.1. The molecule has 2 aliphatic rings. The SMILES string of the molecule is NC(=O)c1ccc(CN2CCN(CC(=O)NC3CC3)CC2)cc1. The minimum absolute atomic E-state index is 0.156. The summed E-state index contributed by atoms with van der Waals surface area (Å²) >= 11 is 0. The number of hydrogen-bond donors (Lipinski definition) is 2. The van der Waals surface area contributed by atoms with Crippen LogP contribution in [0.15, 0.2) is 24.3 Å². The lowest BCUT2D eigenvalue weighted by Gasteiger charge is -2.34. The van der Waals surface area contributed by atoms with Gasteiger partial charge in [0.15, 0.2) is 0 Å². The Morgan fingerprint density at radius 2 is 1.65 bits per heavy atom. The molecule has 6 nitrogen and oxygen atoms in total. The highest BCUT2D eigenvalue weighted by Crippen LogP contribution is 2.18. The van der Waals surface area contributed by atoms with Gasteiger partial charge in [0.1, 0.15) is 0 Å². The summed E-state index contributed by atoms with van der Waals surface area (Å²) in [4.78, 5) is 27.5. The minimum atomic E-state index is -0.394. The molecule has 6 heteroatoms. The maximum absolute atomic E-state index is 11.8. The summed E-state index contributed by atoms with van der Waals surface area (Å²) < 4.78 is 0. The van der Waals surface area contributed by atoms with Crippen LogP contribution in [0.3, 0.4) is 0 Å². The number of carbonyl (C=O) groups excluding carboxylic acids is 2. The van der Waals surface area contributed by atoms with Crippen molar-refractivity contribution in [3.8, 4) is 0 Å². The van der Waals surface area contributed by atoms with Crippen molar-refractivity contribution in [3.05, 3.63) is 35.4 Å². The predicted molar refractivity (Wildman–Crippen MR) is 87.8 cm³/mol. The molecule has 0 spiro atoms. The third-order valence-electron chi connectivity index (χ3n) is 4.42. The average Bonchev–Trinajstić information content (AvgIpc) is 3.33. The highest BCUT2D eigenvalue weighted by atomic mass is 16.2.